The summed E-state index contributed by atoms with van der Waals surface area (Å²) in [5.74, 6) is 5.68. The molecule has 0 saturated carbocycles. The third-order valence-electron chi connectivity index (χ3n) is 2.49. The van der Waals surface area contributed by atoms with Crippen LogP contribution in [0, 0.1) is 18.8 Å². The van der Waals surface area contributed by atoms with Crippen LogP contribution in [0.25, 0.3) is 0 Å². The van der Waals surface area contributed by atoms with E-state index in [0.717, 1.165) is 12.0 Å². The van der Waals surface area contributed by atoms with Gasteiger partial charge in [0.15, 0.2) is 0 Å². The molecule has 0 spiro atoms. The minimum Gasteiger partial charge on any atom is -0.395 e. The summed E-state index contributed by atoms with van der Waals surface area (Å²) in [7, 11) is -3.55. The van der Waals surface area contributed by atoms with Gasteiger partial charge in [-0.05, 0) is 31.0 Å². The zero-order valence-electron chi connectivity index (χ0n) is 11.7. The molecule has 0 fully saturated rings. The molecule has 5 nitrogen and oxygen atoms in total. The molecule has 1 aromatic carbocycles. The van der Waals surface area contributed by atoms with Crippen LogP contribution in [0.1, 0.15) is 30.9 Å². The molecule has 20 heavy (non-hydrogen) atoms. The molecule has 0 aliphatic carbocycles. The molecule has 110 valence electrons. The second kappa shape index (κ2) is 7.90. The number of hydrogen-bond donors (Lipinski definition) is 3. The Kier molecular flexibility index (Phi) is 6.52. The predicted octanol–water partition coefficient (Wildman–Crippen LogP) is 1.39. The lowest BCUT2D eigenvalue weighted by Gasteiger charge is -2.11. The van der Waals surface area contributed by atoms with E-state index in [9.17, 15) is 8.42 Å². The zero-order chi connectivity index (χ0) is 15.0. The molecule has 0 saturated heterocycles. The van der Waals surface area contributed by atoms with Gasteiger partial charge in [0.1, 0.15) is 0 Å². The first-order valence-corrected chi connectivity index (χ1v) is 7.94. The maximum atomic E-state index is 11.8. The van der Waals surface area contributed by atoms with E-state index in [1.165, 1.54) is 0 Å². The second-order valence-electron chi connectivity index (χ2n) is 4.30. The van der Waals surface area contributed by atoms with Crippen molar-refractivity contribution in [2.45, 2.75) is 26.7 Å². The predicted molar refractivity (Wildman–Crippen MR) is 80.6 cm³/mol. The molecule has 0 unspecified atom stereocenters. The van der Waals surface area contributed by atoms with Crippen molar-refractivity contribution in [3.05, 3.63) is 29.3 Å². The summed E-state index contributed by atoms with van der Waals surface area (Å²) in [5, 5.41) is 8.68. The molecule has 0 bridgehead atoms. The standard InChI is InChI=1S/C14H20N2O3S/c1-3-9-15-20(18,19)16-14-11-13(6-4-5-10-17)8-7-12(14)2/h7-8,11,15-17H,3,5,9-10H2,1-2H3. The fraction of sp³-hybridized carbons (Fsp3) is 0.429. The quantitative estimate of drug-likeness (QED) is 0.694. The topological polar surface area (TPSA) is 78.4 Å². The average molecular weight is 296 g/mol. The van der Waals surface area contributed by atoms with Gasteiger partial charge in [-0.15, -0.1) is 0 Å². The van der Waals surface area contributed by atoms with Crippen LogP contribution in [0.4, 0.5) is 5.69 Å². The normalized spacial score (nSPS) is 10.8. The third-order valence-corrected chi connectivity index (χ3v) is 3.57. The van der Waals surface area contributed by atoms with Crippen molar-refractivity contribution in [2.75, 3.05) is 17.9 Å². The molecule has 1 rings (SSSR count). The van der Waals surface area contributed by atoms with Crippen LogP contribution in [0.5, 0.6) is 0 Å². The van der Waals surface area contributed by atoms with Crippen molar-refractivity contribution in [1.29, 1.82) is 0 Å². The van der Waals surface area contributed by atoms with Gasteiger partial charge in [-0.25, -0.2) is 0 Å². The molecule has 0 heterocycles. The van der Waals surface area contributed by atoms with Gasteiger partial charge in [-0.3, -0.25) is 4.72 Å². The number of nitrogens with one attached hydrogen (secondary N) is 2. The number of aryl methyl sites for hydroxylation is 1. The van der Waals surface area contributed by atoms with Gasteiger partial charge in [0, 0.05) is 18.5 Å². The average Bonchev–Trinajstić information content (AvgIpc) is 2.40. The number of hydrogen-bond acceptors (Lipinski definition) is 3. The lowest BCUT2D eigenvalue weighted by molar-refractivity contribution is 0.305. The van der Waals surface area contributed by atoms with Crippen LogP contribution < -0.4 is 9.44 Å². The van der Waals surface area contributed by atoms with E-state index >= 15 is 0 Å². The molecule has 0 aromatic heterocycles. The third kappa shape index (κ3) is 5.61. The van der Waals surface area contributed by atoms with Gasteiger partial charge in [-0.1, -0.05) is 24.8 Å². The number of anilines is 1. The maximum Gasteiger partial charge on any atom is 0.299 e. The van der Waals surface area contributed by atoms with E-state index in [-0.39, 0.29) is 6.61 Å². The fourth-order valence-electron chi connectivity index (χ4n) is 1.45. The van der Waals surface area contributed by atoms with Crippen molar-refractivity contribution in [1.82, 2.24) is 4.72 Å². The van der Waals surface area contributed by atoms with E-state index in [4.69, 9.17) is 5.11 Å². The summed E-state index contributed by atoms with van der Waals surface area (Å²) in [5.41, 5.74) is 2.03. The Morgan fingerprint density at radius 2 is 2.10 bits per heavy atom. The summed E-state index contributed by atoms with van der Waals surface area (Å²) in [6.45, 7) is 4.12. The molecular formula is C14H20N2O3S. The molecule has 0 radical (unpaired) electrons. The minimum absolute atomic E-state index is 0.0132. The Hall–Kier alpha value is -1.55. The lowest BCUT2D eigenvalue weighted by Crippen LogP contribution is -2.30. The Morgan fingerprint density at radius 1 is 1.35 bits per heavy atom. The Bertz CT molecular complexity index is 601. The Morgan fingerprint density at radius 3 is 2.75 bits per heavy atom. The van der Waals surface area contributed by atoms with Gasteiger partial charge in [0.2, 0.25) is 0 Å². The SMILES string of the molecule is CCCNS(=O)(=O)Nc1cc(C#CCCO)ccc1C. The van der Waals surface area contributed by atoms with Gasteiger partial charge in [-0.2, -0.15) is 13.1 Å². The minimum atomic E-state index is -3.55. The zero-order valence-corrected chi connectivity index (χ0v) is 12.5. The molecule has 1 aromatic rings. The van der Waals surface area contributed by atoms with Crippen LogP contribution >= 0.6 is 0 Å². The molecule has 0 amide bonds. The van der Waals surface area contributed by atoms with Gasteiger partial charge in [0.25, 0.3) is 10.2 Å². The van der Waals surface area contributed by atoms with Gasteiger partial charge >= 0.3 is 0 Å². The van der Waals surface area contributed by atoms with E-state index in [0.29, 0.717) is 24.2 Å². The van der Waals surface area contributed by atoms with Crippen molar-refractivity contribution < 1.29 is 13.5 Å². The molecule has 3 N–H and O–H groups in total. The molecule has 0 aliphatic rings. The first-order chi connectivity index (χ1) is 9.48. The second-order valence-corrected chi connectivity index (χ2v) is 5.80. The van der Waals surface area contributed by atoms with E-state index in [2.05, 4.69) is 21.3 Å². The monoisotopic (exact) mass is 296 g/mol. The van der Waals surface area contributed by atoms with Crippen LogP contribution in [0.15, 0.2) is 18.2 Å². The Balaban J connectivity index is 2.90. The highest BCUT2D eigenvalue weighted by Crippen LogP contribution is 2.17. The number of aliphatic hydroxyl groups is 1. The largest absolute Gasteiger partial charge is 0.395 e. The smallest absolute Gasteiger partial charge is 0.299 e. The van der Waals surface area contributed by atoms with Crippen LogP contribution in [-0.4, -0.2) is 26.7 Å². The van der Waals surface area contributed by atoms with Crippen LogP contribution in [-0.2, 0) is 10.2 Å². The fourth-order valence-corrected chi connectivity index (χ4v) is 2.50. The van der Waals surface area contributed by atoms with E-state index in [1.54, 1.807) is 12.1 Å². The summed E-state index contributed by atoms with van der Waals surface area (Å²) >= 11 is 0. The first kappa shape index (κ1) is 16.5. The van der Waals surface area contributed by atoms with Gasteiger partial charge in [0.05, 0.1) is 12.3 Å². The van der Waals surface area contributed by atoms with Crippen molar-refractivity contribution >= 4 is 15.9 Å². The highest BCUT2D eigenvalue weighted by Gasteiger charge is 2.10. The number of benzene rings is 1. The van der Waals surface area contributed by atoms with Crippen LogP contribution in [0.3, 0.4) is 0 Å². The van der Waals surface area contributed by atoms with Gasteiger partial charge < -0.3 is 5.11 Å². The van der Waals surface area contributed by atoms with Crippen molar-refractivity contribution in [2.24, 2.45) is 0 Å². The highest BCUT2D eigenvalue weighted by molar-refractivity contribution is 7.90. The number of rotatable bonds is 6. The van der Waals surface area contributed by atoms with E-state index in [1.807, 2.05) is 19.9 Å². The summed E-state index contributed by atoms with van der Waals surface area (Å²) in [4.78, 5) is 0. The molecule has 0 aliphatic heterocycles. The first-order valence-electron chi connectivity index (χ1n) is 6.46. The summed E-state index contributed by atoms with van der Waals surface area (Å²) in [6, 6.07) is 5.31. The highest BCUT2D eigenvalue weighted by atomic mass is 32.2. The van der Waals surface area contributed by atoms with Crippen LogP contribution in [0.2, 0.25) is 0 Å². The summed E-state index contributed by atoms with van der Waals surface area (Å²) < 4.78 is 28.5. The lowest BCUT2D eigenvalue weighted by atomic mass is 10.1. The molecule has 0 atom stereocenters. The van der Waals surface area contributed by atoms with E-state index < -0.39 is 10.2 Å². The Labute approximate surface area is 120 Å². The van der Waals surface area contributed by atoms with Crippen molar-refractivity contribution in [3.8, 4) is 11.8 Å². The molecular weight excluding hydrogens is 276 g/mol. The molecule has 6 heteroatoms. The summed E-state index contributed by atoms with van der Waals surface area (Å²) in [6.07, 6.45) is 1.12. The maximum absolute atomic E-state index is 11.8. The number of aliphatic hydroxyl groups excluding tert-OH is 1. The van der Waals surface area contributed by atoms with Crippen molar-refractivity contribution in [3.63, 3.8) is 0 Å².